The number of hydrogen-bond acceptors (Lipinski definition) is 6. The Morgan fingerprint density at radius 3 is 2.33 bits per heavy atom. The first kappa shape index (κ1) is 19.0. The molecule has 0 unspecified atom stereocenters. The molecule has 140 valence electrons. The summed E-state index contributed by atoms with van der Waals surface area (Å²) in [5, 5.41) is 3.90. The minimum absolute atomic E-state index is 0.248. The van der Waals surface area contributed by atoms with Crippen LogP contribution in [0.15, 0.2) is 57.9 Å². The summed E-state index contributed by atoms with van der Waals surface area (Å²) >= 11 is 1.68. The summed E-state index contributed by atoms with van der Waals surface area (Å²) in [5.41, 5.74) is 3.20. The van der Waals surface area contributed by atoms with Crippen molar-refractivity contribution in [3.8, 4) is 5.75 Å². The number of carbonyl (C=O) groups is 1. The Balaban J connectivity index is 1.53. The number of rotatable bonds is 7. The van der Waals surface area contributed by atoms with Crippen molar-refractivity contribution in [2.45, 2.75) is 32.0 Å². The number of benzene rings is 2. The molecule has 2 aromatic carbocycles. The van der Waals surface area contributed by atoms with Crippen LogP contribution in [-0.4, -0.2) is 17.4 Å². The van der Waals surface area contributed by atoms with Crippen molar-refractivity contribution in [1.29, 1.82) is 0 Å². The van der Waals surface area contributed by atoms with Gasteiger partial charge < -0.3 is 14.0 Å². The lowest BCUT2D eigenvalue weighted by Gasteiger charge is -2.08. The van der Waals surface area contributed by atoms with Crippen LogP contribution >= 0.6 is 11.8 Å². The molecule has 27 heavy (non-hydrogen) atoms. The third-order valence-electron chi connectivity index (χ3n) is 4.18. The van der Waals surface area contributed by atoms with Crippen LogP contribution in [0.1, 0.15) is 32.9 Å². The van der Waals surface area contributed by atoms with Gasteiger partial charge in [-0.2, -0.15) is 0 Å². The van der Waals surface area contributed by atoms with Gasteiger partial charge in [0.2, 0.25) is 0 Å². The third kappa shape index (κ3) is 4.92. The van der Waals surface area contributed by atoms with Gasteiger partial charge in [0.15, 0.2) is 0 Å². The number of carbonyl (C=O) groups excluding carboxylic acids is 1. The zero-order chi connectivity index (χ0) is 19.2. The van der Waals surface area contributed by atoms with Gasteiger partial charge in [0.1, 0.15) is 24.7 Å². The molecule has 0 atom stereocenters. The van der Waals surface area contributed by atoms with E-state index >= 15 is 0 Å². The summed E-state index contributed by atoms with van der Waals surface area (Å²) in [6.07, 6.45) is 2.02. The molecule has 0 aliphatic carbocycles. The van der Waals surface area contributed by atoms with E-state index in [-0.39, 0.29) is 12.6 Å². The molecule has 0 saturated carbocycles. The van der Waals surface area contributed by atoms with E-state index in [1.807, 2.05) is 44.4 Å². The first-order chi connectivity index (χ1) is 13.1. The fraction of sp³-hybridized carbons (Fsp3) is 0.238. The molecule has 3 rings (SSSR count). The predicted octanol–water partition coefficient (Wildman–Crippen LogP) is 4.95. The van der Waals surface area contributed by atoms with Crippen LogP contribution in [0.2, 0.25) is 0 Å². The highest BCUT2D eigenvalue weighted by atomic mass is 32.2. The van der Waals surface area contributed by atoms with Gasteiger partial charge in [-0.1, -0.05) is 17.3 Å². The van der Waals surface area contributed by atoms with E-state index in [2.05, 4.69) is 5.16 Å². The Morgan fingerprint density at radius 2 is 1.74 bits per heavy atom. The van der Waals surface area contributed by atoms with E-state index in [0.29, 0.717) is 17.9 Å². The number of aryl methyl sites for hydroxylation is 2. The number of thioether (sulfide) groups is 1. The van der Waals surface area contributed by atoms with Crippen molar-refractivity contribution < 1.29 is 18.8 Å². The molecule has 0 aliphatic heterocycles. The van der Waals surface area contributed by atoms with Crippen molar-refractivity contribution in [3.63, 3.8) is 0 Å². The molecule has 1 aromatic heterocycles. The van der Waals surface area contributed by atoms with Crippen LogP contribution in [0.4, 0.5) is 0 Å². The molecule has 0 radical (unpaired) electrons. The minimum atomic E-state index is -0.360. The van der Waals surface area contributed by atoms with Crippen molar-refractivity contribution >= 4 is 17.7 Å². The van der Waals surface area contributed by atoms with Crippen LogP contribution < -0.4 is 4.74 Å². The lowest BCUT2D eigenvalue weighted by Crippen LogP contribution is -2.05. The molecule has 6 heteroatoms. The molecule has 1 heterocycles. The molecule has 0 N–H and O–H groups in total. The van der Waals surface area contributed by atoms with Crippen LogP contribution in [0, 0.1) is 13.8 Å². The minimum Gasteiger partial charge on any atom is -0.489 e. The van der Waals surface area contributed by atoms with Crippen molar-refractivity contribution in [2.24, 2.45) is 0 Å². The predicted molar refractivity (Wildman–Crippen MR) is 104 cm³/mol. The smallest absolute Gasteiger partial charge is 0.338 e. The molecule has 3 aromatic rings. The summed E-state index contributed by atoms with van der Waals surface area (Å²) in [6.45, 7) is 4.35. The number of ether oxygens (including phenoxy) is 2. The second kappa shape index (κ2) is 8.77. The van der Waals surface area contributed by atoms with Gasteiger partial charge in [-0.15, -0.1) is 11.8 Å². The molecule has 0 spiro atoms. The quantitative estimate of drug-likeness (QED) is 0.425. The Labute approximate surface area is 162 Å². The second-order valence-corrected chi connectivity index (χ2v) is 6.92. The summed E-state index contributed by atoms with van der Waals surface area (Å²) in [4.78, 5) is 13.4. The van der Waals surface area contributed by atoms with Crippen molar-refractivity contribution in [1.82, 2.24) is 5.16 Å². The topological polar surface area (TPSA) is 61.6 Å². The average Bonchev–Trinajstić information content (AvgIpc) is 3.03. The third-order valence-corrected chi connectivity index (χ3v) is 4.93. The van der Waals surface area contributed by atoms with Crippen LogP contribution in [0.5, 0.6) is 5.75 Å². The van der Waals surface area contributed by atoms with E-state index in [1.54, 1.807) is 36.0 Å². The first-order valence-corrected chi connectivity index (χ1v) is 9.74. The Bertz CT molecular complexity index is 881. The fourth-order valence-electron chi connectivity index (χ4n) is 2.50. The lowest BCUT2D eigenvalue weighted by atomic mass is 10.2. The number of nitrogens with zero attached hydrogens (tertiary/aromatic N) is 1. The van der Waals surface area contributed by atoms with E-state index in [9.17, 15) is 4.79 Å². The summed E-state index contributed by atoms with van der Waals surface area (Å²) in [5.74, 6) is 1.05. The highest BCUT2D eigenvalue weighted by Crippen LogP contribution is 2.19. The number of aromatic nitrogens is 1. The van der Waals surface area contributed by atoms with Crippen molar-refractivity contribution in [3.05, 3.63) is 76.7 Å². The Hall–Kier alpha value is -2.73. The fourth-order valence-corrected chi connectivity index (χ4v) is 2.91. The van der Waals surface area contributed by atoms with Gasteiger partial charge in [0.05, 0.1) is 16.8 Å². The molecule has 0 amide bonds. The molecule has 0 bridgehead atoms. The summed E-state index contributed by atoms with van der Waals surface area (Å²) in [6, 6.07) is 14.8. The standard InChI is InChI=1S/C21H21NO4S/c1-14-20(15(2)26-22-14)13-24-18-8-6-17(7-9-18)21(23)25-12-16-4-10-19(27-3)11-5-16/h4-11H,12-13H2,1-3H3. The summed E-state index contributed by atoms with van der Waals surface area (Å²) in [7, 11) is 0. The van der Waals surface area contributed by atoms with Gasteiger partial charge in [-0.05, 0) is 62.1 Å². The van der Waals surface area contributed by atoms with Crippen LogP contribution in [0.3, 0.4) is 0 Å². The van der Waals surface area contributed by atoms with Gasteiger partial charge in [0.25, 0.3) is 0 Å². The average molecular weight is 383 g/mol. The highest BCUT2D eigenvalue weighted by Gasteiger charge is 2.11. The van der Waals surface area contributed by atoms with Gasteiger partial charge in [-0.25, -0.2) is 4.79 Å². The number of esters is 1. The second-order valence-electron chi connectivity index (χ2n) is 6.04. The van der Waals surface area contributed by atoms with Gasteiger partial charge >= 0.3 is 5.97 Å². The van der Waals surface area contributed by atoms with E-state index in [1.165, 1.54) is 4.90 Å². The lowest BCUT2D eigenvalue weighted by molar-refractivity contribution is 0.0472. The largest absolute Gasteiger partial charge is 0.489 e. The maximum Gasteiger partial charge on any atom is 0.338 e. The molecule has 0 aliphatic rings. The maximum atomic E-state index is 12.2. The number of hydrogen-bond donors (Lipinski definition) is 0. The highest BCUT2D eigenvalue weighted by molar-refractivity contribution is 7.98. The summed E-state index contributed by atoms with van der Waals surface area (Å²) < 4.78 is 16.2. The van der Waals surface area contributed by atoms with Gasteiger partial charge in [0, 0.05) is 4.90 Å². The Morgan fingerprint density at radius 1 is 1.04 bits per heavy atom. The van der Waals surface area contributed by atoms with Crippen molar-refractivity contribution in [2.75, 3.05) is 6.26 Å². The first-order valence-electron chi connectivity index (χ1n) is 8.51. The van der Waals surface area contributed by atoms with Gasteiger partial charge in [-0.3, -0.25) is 0 Å². The van der Waals surface area contributed by atoms with E-state index in [4.69, 9.17) is 14.0 Å². The monoisotopic (exact) mass is 383 g/mol. The molecule has 0 fully saturated rings. The molecule has 5 nitrogen and oxygen atoms in total. The SMILES string of the molecule is CSc1ccc(COC(=O)c2ccc(OCc3c(C)noc3C)cc2)cc1. The van der Waals surface area contributed by atoms with Crippen LogP contribution in [0.25, 0.3) is 0 Å². The zero-order valence-corrected chi connectivity index (χ0v) is 16.3. The molecular formula is C21H21NO4S. The maximum absolute atomic E-state index is 12.2. The normalized spacial score (nSPS) is 10.6. The van der Waals surface area contributed by atoms with Crippen LogP contribution in [-0.2, 0) is 18.0 Å². The Kier molecular flexibility index (Phi) is 6.19. The van der Waals surface area contributed by atoms with E-state index < -0.39 is 0 Å². The zero-order valence-electron chi connectivity index (χ0n) is 15.5. The molecule has 0 saturated heterocycles. The molecular weight excluding hydrogens is 362 g/mol. The van der Waals surface area contributed by atoms with E-state index in [0.717, 1.165) is 22.6 Å².